The second-order valence-corrected chi connectivity index (χ2v) is 6.19. The van der Waals surface area contributed by atoms with Crippen LogP contribution < -0.4 is 5.73 Å². The molecule has 0 unspecified atom stereocenters. The van der Waals surface area contributed by atoms with Crippen molar-refractivity contribution in [2.24, 2.45) is 17.6 Å². The predicted molar refractivity (Wildman–Crippen MR) is 86.1 cm³/mol. The van der Waals surface area contributed by atoms with E-state index in [4.69, 9.17) is 18.0 Å². The molecule has 112 valence electrons. The molecule has 0 bridgehead atoms. The number of thiocarbonyl (C=S) groups is 1. The summed E-state index contributed by atoms with van der Waals surface area (Å²) < 4.78 is 0. The van der Waals surface area contributed by atoms with Crippen LogP contribution in [0.25, 0.3) is 0 Å². The average molecular weight is 286 g/mol. The largest absolute Gasteiger partial charge is 0.393 e. The Balaban J connectivity index is 4.68. The second kappa shape index (κ2) is 10.2. The molecule has 0 rings (SSSR count). The summed E-state index contributed by atoms with van der Waals surface area (Å²) >= 11 is 4.92. The first-order valence-electron chi connectivity index (χ1n) is 7.49. The Morgan fingerprint density at radius 1 is 1.21 bits per heavy atom. The van der Waals surface area contributed by atoms with Crippen LogP contribution in [0.15, 0.2) is 0 Å². The van der Waals surface area contributed by atoms with Crippen LogP contribution >= 0.6 is 12.2 Å². The molecule has 19 heavy (non-hydrogen) atoms. The summed E-state index contributed by atoms with van der Waals surface area (Å²) in [6.45, 7) is 10.0. The maximum Gasteiger partial charge on any atom is 0.225 e. The highest BCUT2D eigenvalue weighted by atomic mass is 32.1. The lowest BCUT2D eigenvalue weighted by molar-refractivity contribution is -0.136. The van der Waals surface area contributed by atoms with Gasteiger partial charge in [0.25, 0.3) is 0 Å². The van der Waals surface area contributed by atoms with Crippen LogP contribution in [-0.2, 0) is 4.79 Å². The lowest BCUT2D eigenvalue weighted by atomic mass is 9.96. The molecule has 0 saturated heterocycles. The van der Waals surface area contributed by atoms with Crippen LogP contribution in [0.1, 0.15) is 59.8 Å². The molecular weight excluding hydrogens is 256 g/mol. The summed E-state index contributed by atoms with van der Waals surface area (Å²) in [4.78, 5) is 15.1. The zero-order valence-electron chi connectivity index (χ0n) is 12.9. The van der Waals surface area contributed by atoms with E-state index >= 15 is 0 Å². The smallest absolute Gasteiger partial charge is 0.225 e. The molecule has 0 spiro atoms. The van der Waals surface area contributed by atoms with Gasteiger partial charge in [-0.1, -0.05) is 52.8 Å². The van der Waals surface area contributed by atoms with Crippen molar-refractivity contribution in [1.29, 1.82) is 0 Å². The Morgan fingerprint density at radius 2 is 1.74 bits per heavy atom. The maximum atomic E-state index is 12.6. The summed E-state index contributed by atoms with van der Waals surface area (Å²) in [7, 11) is 0. The number of carbonyl (C=O) groups is 1. The molecule has 3 nitrogen and oxygen atoms in total. The lowest BCUT2D eigenvalue weighted by Gasteiger charge is -2.28. The summed E-state index contributed by atoms with van der Waals surface area (Å²) in [5, 5.41) is 0. The molecule has 0 aromatic heterocycles. The summed E-state index contributed by atoms with van der Waals surface area (Å²) in [6.07, 6.45) is 4.70. The fourth-order valence-electron chi connectivity index (χ4n) is 2.32. The first-order chi connectivity index (χ1) is 8.92. The number of hydrogen-bond acceptors (Lipinski definition) is 2. The van der Waals surface area contributed by atoms with E-state index in [1.165, 1.54) is 0 Å². The minimum atomic E-state index is 0.167. The molecule has 0 aromatic carbocycles. The summed E-state index contributed by atoms with van der Waals surface area (Å²) in [5.41, 5.74) is 5.56. The number of nitrogens with two attached hydrogens (primary N) is 1. The van der Waals surface area contributed by atoms with Crippen LogP contribution in [0, 0.1) is 11.8 Å². The normalized spacial score (nSPS) is 11.1. The van der Waals surface area contributed by atoms with Gasteiger partial charge >= 0.3 is 0 Å². The van der Waals surface area contributed by atoms with Gasteiger partial charge in [0, 0.05) is 25.4 Å². The minimum absolute atomic E-state index is 0.167. The van der Waals surface area contributed by atoms with Gasteiger partial charge in [-0.2, -0.15) is 0 Å². The molecule has 0 aliphatic heterocycles. The van der Waals surface area contributed by atoms with E-state index < -0.39 is 0 Å². The quantitative estimate of drug-likeness (QED) is 0.626. The third-order valence-electron chi connectivity index (χ3n) is 3.15. The fraction of sp³-hybridized carbons (Fsp3) is 0.867. The van der Waals surface area contributed by atoms with Gasteiger partial charge in [-0.3, -0.25) is 4.79 Å². The molecule has 0 aliphatic rings. The fourth-order valence-corrected chi connectivity index (χ4v) is 2.42. The molecule has 0 radical (unpaired) electrons. The van der Waals surface area contributed by atoms with Gasteiger partial charge in [-0.25, -0.2) is 0 Å². The van der Waals surface area contributed by atoms with Crippen LogP contribution in [0.5, 0.6) is 0 Å². The molecule has 2 N–H and O–H groups in total. The number of carbonyl (C=O) groups excluding carboxylic acids is 1. The number of rotatable bonds is 10. The Hall–Kier alpha value is -0.640. The van der Waals surface area contributed by atoms with Gasteiger partial charge in [0.1, 0.15) is 0 Å². The summed E-state index contributed by atoms with van der Waals surface area (Å²) in [6, 6.07) is 0. The Kier molecular flexibility index (Phi) is 9.84. The second-order valence-electron chi connectivity index (χ2n) is 5.67. The molecule has 0 aromatic rings. The number of nitrogens with zero attached hydrogens (tertiary/aromatic N) is 1. The number of hydrogen-bond donors (Lipinski definition) is 1. The van der Waals surface area contributed by atoms with Crippen LogP contribution in [0.3, 0.4) is 0 Å². The highest BCUT2D eigenvalue weighted by Crippen LogP contribution is 2.18. The van der Waals surface area contributed by atoms with Crippen molar-refractivity contribution >= 4 is 23.1 Å². The van der Waals surface area contributed by atoms with E-state index in [1.54, 1.807) is 0 Å². The lowest BCUT2D eigenvalue weighted by Crippen LogP contribution is -2.40. The van der Waals surface area contributed by atoms with Crippen molar-refractivity contribution in [1.82, 2.24) is 4.90 Å². The molecule has 4 heteroatoms. The minimum Gasteiger partial charge on any atom is -0.393 e. The first kappa shape index (κ1) is 18.4. The standard InChI is InChI=1S/C15H30N2OS/c1-5-7-13(8-6-2)15(18)17(11-12(3)4)10-9-14(16)19/h12-13H,5-11H2,1-4H3,(H2,16,19). The van der Waals surface area contributed by atoms with Gasteiger partial charge in [0.15, 0.2) is 0 Å². The van der Waals surface area contributed by atoms with E-state index in [1.807, 2.05) is 4.90 Å². The van der Waals surface area contributed by atoms with Gasteiger partial charge in [0.2, 0.25) is 5.91 Å². The Labute approximate surface area is 123 Å². The van der Waals surface area contributed by atoms with Crippen molar-refractivity contribution in [3.63, 3.8) is 0 Å². The van der Waals surface area contributed by atoms with Gasteiger partial charge in [-0.05, 0) is 18.8 Å². The van der Waals surface area contributed by atoms with Crippen molar-refractivity contribution < 1.29 is 4.79 Å². The van der Waals surface area contributed by atoms with Gasteiger partial charge in [0.05, 0.1) is 4.99 Å². The Morgan fingerprint density at radius 3 is 2.11 bits per heavy atom. The SMILES string of the molecule is CCCC(CCC)C(=O)N(CCC(N)=S)CC(C)C. The highest BCUT2D eigenvalue weighted by Gasteiger charge is 2.23. The van der Waals surface area contributed by atoms with E-state index in [2.05, 4.69) is 27.7 Å². The highest BCUT2D eigenvalue weighted by molar-refractivity contribution is 7.80. The average Bonchev–Trinajstić information content (AvgIpc) is 2.32. The Bertz CT molecular complexity index is 273. The number of amides is 1. The van der Waals surface area contributed by atoms with E-state index in [9.17, 15) is 4.79 Å². The third kappa shape index (κ3) is 8.19. The maximum absolute atomic E-state index is 12.6. The zero-order valence-corrected chi connectivity index (χ0v) is 13.8. The van der Waals surface area contributed by atoms with Crippen molar-refractivity contribution in [3.8, 4) is 0 Å². The first-order valence-corrected chi connectivity index (χ1v) is 7.90. The zero-order chi connectivity index (χ0) is 14.8. The molecule has 0 heterocycles. The van der Waals surface area contributed by atoms with Crippen molar-refractivity contribution in [2.75, 3.05) is 13.1 Å². The van der Waals surface area contributed by atoms with Crippen molar-refractivity contribution in [3.05, 3.63) is 0 Å². The monoisotopic (exact) mass is 286 g/mol. The molecular formula is C15H30N2OS. The van der Waals surface area contributed by atoms with Gasteiger partial charge in [-0.15, -0.1) is 0 Å². The topological polar surface area (TPSA) is 46.3 Å². The predicted octanol–water partition coefficient (Wildman–Crippen LogP) is 3.36. The molecule has 0 atom stereocenters. The van der Waals surface area contributed by atoms with E-state index in [0.717, 1.165) is 32.2 Å². The third-order valence-corrected chi connectivity index (χ3v) is 3.35. The molecule has 0 aliphatic carbocycles. The summed E-state index contributed by atoms with van der Waals surface area (Å²) in [5.74, 6) is 0.924. The van der Waals surface area contributed by atoms with Crippen LogP contribution in [0.4, 0.5) is 0 Å². The molecule has 0 saturated carbocycles. The molecule has 1 amide bonds. The van der Waals surface area contributed by atoms with Crippen LogP contribution in [-0.4, -0.2) is 28.9 Å². The molecule has 0 fully saturated rings. The van der Waals surface area contributed by atoms with Crippen molar-refractivity contribution in [2.45, 2.75) is 59.8 Å². The van der Waals surface area contributed by atoms with E-state index in [-0.39, 0.29) is 11.8 Å². The van der Waals surface area contributed by atoms with E-state index in [0.29, 0.717) is 23.9 Å². The van der Waals surface area contributed by atoms with Gasteiger partial charge < -0.3 is 10.6 Å². The van der Waals surface area contributed by atoms with Crippen LogP contribution in [0.2, 0.25) is 0 Å².